The summed E-state index contributed by atoms with van der Waals surface area (Å²) in [6.45, 7) is 2.41. The van der Waals surface area contributed by atoms with Crippen molar-refractivity contribution >= 4 is 69.6 Å². The smallest absolute Gasteiger partial charge is 0.0837 e. The summed E-state index contributed by atoms with van der Waals surface area (Å²) < 4.78 is -2.13. The lowest BCUT2D eigenvalue weighted by Gasteiger charge is -2.11. The zero-order valence-corrected chi connectivity index (χ0v) is 22.1. The van der Waals surface area contributed by atoms with E-state index < -0.39 is 7.59 Å². The normalized spacial score (nSPS) is 12.9. The first kappa shape index (κ1) is 29.7. The molecule has 0 atom stereocenters. The summed E-state index contributed by atoms with van der Waals surface area (Å²) in [7, 11) is 0. The average molecular weight is 517 g/mol. The molecule has 0 aromatic carbocycles. The van der Waals surface area contributed by atoms with Crippen LogP contribution < -0.4 is 0 Å². The fraction of sp³-hybridized carbons (Fsp3) is 1.00. The summed E-state index contributed by atoms with van der Waals surface area (Å²) >= 11 is 34.5. The van der Waals surface area contributed by atoms with E-state index in [4.69, 9.17) is 69.6 Å². The molecule has 0 aliphatic rings. The highest BCUT2D eigenvalue weighted by Gasteiger charge is 2.18. The minimum atomic E-state index is -1.07. The molecule has 0 rings (SSSR count). The highest BCUT2D eigenvalue weighted by atomic mass is 35.6. The third-order valence-electron chi connectivity index (χ3n) is 5.31. The second kappa shape index (κ2) is 18.3. The van der Waals surface area contributed by atoms with Crippen LogP contribution in [0.5, 0.6) is 0 Å². The van der Waals surface area contributed by atoms with Gasteiger partial charge in [0.1, 0.15) is 0 Å². The Morgan fingerprint density at radius 3 is 0.964 bits per heavy atom. The molecule has 0 unspecified atom stereocenters. The first-order valence-corrected chi connectivity index (χ1v) is 13.5. The molecule has 0 N–H and O–H groups in total. The summed E-state index contributed by atoms with van der Waals surface area (Å²) in [5.41, 5.74) is 0. The zero-order valence-electron chi connectivity index (χ0n) is 17.6. The number of halogens is 6. The van der Waals surface area contributed by atoms with Crippen molar-refractivity contribution in [3.63, 3.8) is 0 Å². The minimum absolute atomic E-state index is 0.673. The van der Waals surface area contributed by atoms with Crippen molar-refractivity contribution in [2.24, 2.45) is 5.92 Å². The Labute approximate surface area is 204 Å². The second-order valence-electron chi connectivity index (χ2n) is 8.36. The highest BCUT2D eigenvalue weighted by molar-refractivity contribution is 6.67. The van der Waals surface area contributed by atoms with Crippen LogP contribution in [0.25, 0.3) is 0 Å². The summed E-state index contributed by atoms with van der Waals surface area (Å²) in [4.78, 5) is 0. The molecule has 0 spiro atoms. The first-order chi connectivity index (χ1) is 13.1. The Morgan fingerprint density at radius 1 is 0.429 bits per heavy atom. The van der Waals surface area contributed by atoms with Crippen LogP contribution in [0.2, 0.25) is 0 Å². The van der Waals surface area contributed by atoms with E-state index in [9.17, 15) is 0 Å². The van der Waals surface area contributed by atoms with Crippen LogP contribution in [-0.2, 0) is 0 Å². The van der Waals surface area contributed by atoms with Gasteiger partial charge in [-0.2, -0.15) is 0 Å². The maximum Gasteiger partial charge on any atom is 0.190 e. The van der Waals surface area contributed by atoms with Gasteiger partial charge in [-0.3, -0.25) is 0 Å². The SMILES string of the molecule is CC(CCCCCCCCCC(Cl)(Cl)Cl)CCCCCCCCCC(Cl)(Cl)Cl. The lowest BCUT2D eigenvalue weighted by molar-refractivity contribution is 0.430. The molecule has 0 bridgehead atoms. The Morgan fingerprint density at radius 2 is 0.679 bits per heavy atom. The van der Waals surface area contributed by atoms with Crippen molar-refractivity contribution in [1.29, 1.82) is 0 Å². The van der Waals surface area contributed by atoms with Gasteiger partial charge in [-0.15, -0.1) is 0 Å². The van der Waals surface area contributed by atoms with Gasteiger partial charge in [0.05, 0.1) is 0 Å². The van der Waals surface area contributed by atoms with Crippen molar-refractivity contribution in [1.82, 2.24) is 0 Å². The maximum absolute atomic E-state index is 5.76. The van der Waals surface area contributed by atoms with Crippen LogP contribution in [0.3, 0.4) is 0 Å². The molecule has 0 aliphatic heterocycles. The van der Waals surface area contributed by atoms with E-state index in [1.807, 2.05) is 0 Å². The van der Waals surface area contributed by atoms with Crippen LogP contribution in [0.4, 0.5) is 0 Å². The average Bonchev–Trinajstić information content (AvgIpc) is 2.57. The van der Waals surface area contributed by atoms with E-state index in [1.54, 1.807) is 0 Å². The summed E-state index contributed by atoms with van der Waals surface area (Å²) in [6.07, 6.45) is 21.8. The van der Waals surface area contributed by atoms with E-state index in [1.165, 1.54) is 89.9 Å². The molecule has 0 aliphatic carbocycles. The number of hydrogen-bond acceptors (Lipinski definition) is 0. The van der Waals surface area contributed by atoms with Gasteiger partial charge >= 0.3 is 0 Å². The predicted octanol–water partition coefficient (Wildman–Crippen LogP) is 11.4. The van der Waals surface area contributed by atoms with Gasteiger partial charge in [-0.05, 0) is 31.6 Å². The first-order valence-electron chi connectivity index (χ1n) is 11.2. The van der Waals surface area contributed by atoms with Crippen molar-refractivity contribution in [3.05, 3.63) is 0 Å². The van der Waals surface area contributed by atoms with Crippen LogP contribution in [0.15, 0.2) is 0 Å². The van der Waals surface area contributed by atoms with E-state index in [-0.39, 0.29) is 0 Å². The van der Waals surface area contributed by atoms with Gasteiger partial charge in [-0.25, -0.2) is 0 Å². The summed E-state index contributed by atoms with van der Waals surface area (Å²) in [6, 6.07) is 0. The fourth-order valence-corrected chi connectivity index (χ4v) is 4.35. The molecule has 0 nitrogen and oxygen atoms in total. The Kier molecular flexibility index (Phi) is 19.5. The topological polar surface area (TPSA) is 0 Å². The highest BCUT2D eigenvalue weighted by Crippen LogP contribution is 2.33. The lowest BCUT2D eigenvalue weighted by atomic mass is 9.95. The van der Waals surface area contributed by atoms with Gasteiger partial charge in [0.25, 0.3) is 0 Å². The van der Waals surface area contributed by atoms with Crippen molar-refractivity contribution < 1.29 is 0 Å². The van der Waals surface area contributed by atoms with Gasteiger partial charge in [0.2, 0.25) is 0 Å². The van der Waals surface area contributed by atoms with Crippen LogP contribution >= 0.6 is 69.6 Å². The van der Waals surface area contributed by atoms with E-state index in [0.717, 1.165) is 18.8 Å². The molecule has 28 heavy (non-hydrogen) atoms. The lowest BCUT2D eigenvalue weighted by Crippen LogP contribution is -2.00. The van der Waals surface area contributed by atoms with Gasteiger partial charge in [-0.1, -0.05) is 166 Å². The molecule has 0 aromatic heterocycles. The molecule has 0 saturated heterocycles. The quantitative estimate of drug-likeness (QED) is 0.125. The van der Waals surface area contributed by atoms with E-state index in [0.29, 0.717) is 12.8 Å². The van der Waals surface area contributed by atoms with Crippen LogP contribution in [0, 0.1) is 5.92 Å². The second-order valence-corrected chi connectivity index (χ2v) is 13.4. The van der Waals surface area contributed by atoms with Gasteiger partial charge < -0.3 is 0 Å². The Bertz CT molecular complexity index is 303. The Hall–Kier alpha value is 1.74. The number of unbranched alkanes of at least 4 members (excludes halogenated alkanes) is 12. The molecule has 0 aromatic rings. The monoisotopic (exact) mass is 514 g/mol. The van der Waals surface area contributed by atoms with Crippen molar-refractivity contribution in [3.8, 4) is 0 Å². The molecular weight excluding hydrogens is 477 g/mol. The molecular formula is C22H40Cl6. The summed E-state index contributed by atoms with van der Waals surface area (Å²) in [5, 5.41) is 0. The minimum Gasteiger partial charge on any atom is -0.0837 e. The van der Waals surface area contributed by atoms with E-state index >= 15 is 0 Å². The number of rotatable bonds is 18. The molecule has 6 heteroatoms. The predicted molar refractivity (Wildman–Crippen MR) is 133 cm³/mol. The molecule has 0 heterocycles. The molecule has 0 fully saturated rings. The zero-order chi connectivity index (χ0) is 21.3. The molecule has 0 saturated carbocycles. The summed E-state index contributed by atoms with van der Waals surface area (Å²) in [5.74, 6) is 0.869. The van der Waals surface area contributed by atoms with Crippen LogP contribution in [-0.4, -0.2) is 7.59 Å². The standard InChI is InChI=1S/C22H40Cl6/c1-20(16-12-8-4-2-6-10-14-18-21(23,24)25)17-13-9-5-3-7-11-15-19-22(26,27)28/h20H,2-19H2,1H3. The van der Waals surface area contributed by atoms with Crippen LogP contribution in [0.1, 0.15) is 122 Å². The third kappa shape index (κ3) is 25.8. The largest absolute Gasteiger partial charge is 0.190 e. The fourth-order valence-electron chi connectivity index (χ4n) is 3.55. The van der Waals surface area contributed by atoms with Crippen molar-refractivity contribution in [2.75, 3.05) is 0 Å². The van der Waals surface area contributed by atoms with E-state index in [2.05, 4.69) is 6.92 Å². The van der Waals surface area contributed by atoms with Crippen molar-refractivity contribution in [2.45, 2.75) is 130 Å². The number of alkyl halides is 6. The number of hydrogen-bond donors (Lipinski definition) is 0. The molecule has 170 valence electrons. The van der Waals surface area contributed by atoms with Gasteiger partial charge in [0, 0.05) is 0 Å². The maximum atomic E-state index is 5.76. The molecule has 0 radical (unpaired) electrons. The third-order valence-corrected chi connectivity index (χ3v) is 6.45. The van der Waals surface area contributed by atoms with Gasteiger partial charge in [0.15, 0.2) is 7.59 Å². The Balaban J connectivity index is 3.24. The molecule has 0 amide bonds.